The minimum atomic E-state index is 0.835. The summed E-state index contributed by atoms with van der Waals surface area (Å²) in [5.41, 5.74) is 3.88. The van der Waals surface area contributed by atoms with Gasteiger partial charge in [0, 0.05) is 0 Å². The Labute approximate surface area is 74.4 Å². The van der Waals surface area contributed by atoms with E-state index >= 15 is 0 Å². The third-order valence-corrected chi connectivity index (χ3v) is 1.29. The largest absolute Gasteiger partial charge is 0.278 e. The molecule has 0 unspecified atom stereocenters. The molecule has 0 atom stereocenters. The Morgan fingerprint density at radius 3 is 2.55 bits per heavy atom. The maximum atomic E-state index is 3.98. The number of halogens is 1. The highest BCUT2D eigenvalue weighted by Crippen LogP contribution is 2.04. The molecule has 1 rings (SSSR count). The minimum Gasteiger partial charge on any atom is -0.278 e. The van der Waals surface area contributed by atoms with Gasteiger partial charge in [0.25, 0.3) is 0 Å². The molecule has 0 saturated carbocycles. The zero-order valence-corrected chi connectivity index (χ0v) is 7.80. The van der Waals surface area contributed by atoms with E-state index in [0.717, 1.165) is 10.3 Å². The van der Waals surface area contributed by atoms with Gasteiger partial charge >= 0.3 is 0 Å². The third kappa shape index (κ3) is 3.18. The zero-order valence-electron chi connectivity index (χ0n) is 6.21. The van der Waals surface area contributed by atoms with Gasteiger partial charge < -0.3 is 0 Å². The van der Waals surface area contributed by atoms with Crippen LogP contribution in [0.5, 0.6) is 0 Å². The Kier molecular flexibility index (Phi) is 3.11. The summed E-state index contributed by atoms with van der Waals surface area (Å²) in [5, 5.41) is 3.98. The van der Waals surface area contributed by atoms with Gasteiger partial charge in [0.1, 0.15) is 4.62 Å². The van der Waals surface area contributed by atoms with E-state index in [-0.39, 0.29) is 0 Å². The van der Waals surface area contributed by atoms with Crippen LogP contribution >= 0.6 is 15.9 Å². The first kappa shape index (κ1) is 8.27. The Bertz CT molecular complexity index is 240. The first-order valence-corrected chi connectivity index (χ1v) is 4.09. The van der Waals surface area contributed by atoms with Crippen molar-refractivity contribution in [1.82, 2.24) is 0 Å². The molecule has 0 aromatic heterocycles. The predicted octanol–water partition coefficient (Wildman–Crippen LogP) is 2.83. The number of para-hydroxylation sites is 1. The summed E-state index contributed by atoms with van der Waals surface area (Å²) >= 11 is 3.22. The van der Waals surface area contributed by atoms with Crippen LogP contribution in [0.2, 0.25) is 0 Å². The SMILES string of the molecule is C/C(Br)=N/Nc1ccccc1. The van der Waals surface area contributed by atoms with Crippen LogP contribution in [0, 0.1) is 0 Å². The smallest absolute Gasteiger partial charge is 0.100 e. The first-order chi connectivity index (χ1) is 5.29. The fourth-order valence-corrected chi connectivity index (χ4v) is 0.743. The molecule has 0 amide bonds. The highest BCUT2D eigenvalue weighted by Gasteiger charge is 1.84. The molecule has 0 aliphatic rings. The fraction of sp³-hybridized carbons (Fsp3) is 0.125. The van der Waals surface area contributed by atoms with Crippen molar-refractivity contribution < 1.29 is 0 Å². The van der Waals surface area contributed by atoms with Gasteiger partial charge in [0.05, 0.1) is 5.69 Å². The van der Waals surface area contributed by atoms with E-state index in [4.69, 9.17) is 0 Å². The van der Waals surface area contributed by atoms with E-state index in [2.05, 4.69) is 26.5 Å². The molecule has 0 bridgehead atoms. The van der Waals surface area contributed by atoms with Crippen molar-refractivity contribution in [1.29, 1.82) is 0 Å². The van der Waals surface area contributed by atoms with Crippen molar-refractivity contribution in [3.8, 4) is 0 Å². The first-order valence-electron chi connectivity index (χ1n) is 3.30. The van der Waals surface area contributed by atoms with Gasteiger partial charge in [-0.3, -0.25) is 5.43 Å². The van der Waals surface area contributed by atoms with Crippen LogP contribution in [0.25, 0.3) is 0 Å². The van der Waals surface area contributed by atoms with E-state index in [0.29, 0.717) is 0 Å². The van der Waals surface area contributed by atoms with Crippen molar-refractivity contribution in [3.05, 3.63) is 30.3 Å². The van der Waals surface area contributed by atoms with Crippen molar-refractivity contribution in [2.45, 2.75) is 6.92 Å². The van der Waals surface area contributed by atoms with E-state index in [1.165, 1.54) is 0 Å². The van der Waals surface area contributed by atoms with Crippen LogP contribution in [0.4, 0.5) is 5.69 Å². The monoisotopic (exact) mass is 212 g/mol. The van der Waals surface area contributed by atoms with Crippen molar-refractivity contribution in [3.63, 3.8) is 0 Å². The van der Waals surface area contributed by atoms with Gasteiger partial charge in [0.2, 0.25) is 0 Å². The number of nitrogens with zero attached hydrogens (tertiary/aromatic N) is 1. The number of hydrogen-bond acceptors (Lipinski definition) is 2. The van der Waals surface area contributed by atoms with Crippen molar-refractivity contribution in [2.75, 3.05) is 5.43 Å². The number of benzene rings is 1. The van der Waals surface area contributed by atoms with Gasteiger partial charge in [-0.25, -0.2) is 0 Å². The van der Waals surface area contributed by atoms with E-state index in [1.807, 2.05) is 37.3 Å². The molecule has 3 heteroatoms. The van der Waals surface area contributed by atoms with Gasteiger partial charge in [-0.2, -0.15) is 5.10 Å². The second-order valence-electron chi connectivity index (χ2n) is 2.09. The minimum absolute atomic E-state index is 0.835. The Hall–Kier alpha value is -0.830. The highest BCUT2D eigenvalue weighted by molar-refractivity contribution is 9.18. The average molecular weight is 213 g/mol. The number of rotatable bonds is 2. The number of nitrogens with one attached hydrogen (secondary N) is 1. The number of hydrogen-bond donors (Lipinski definition) is 1. The third-order valence-electron chi connectivity index (χ3n) is 1.11. The molecule has 1 aromatic carbocycles. The molecule has 0 aliphatic carbocycles. The summed E-state index contributed by atoms with van der Waals surface area (Å²) in [5.74, 6) is 0. The van der Waals surface area contributed by atoms with Crippen LogP contribution in [0.3, 0.4) is 0 Å². The number of hydrazone groups is 1. The molecule has 0 fully saturated rings. The molecule has 0 heterocycles. The lowest BCUT2D eigenvalue weighted by atomic mass is 10.3. The molecule has 0 radical (unpaired) electrons. The van der Waals surface area contributed by atoms with Gasteiger partial charge in [-0.1, -0.05) is 18.2 Å². The molecular formula is C8H9BrN2. The van der Waals surface area contributed by atoms with E-state index in [1.54, 1.807) is 0 Å². The molecule has 1 aromatic rings. The molecule has 1 N–H and O–H groups in total. The molecular weight excluding hydrogens is 204 g/mol. The quantitative estimate of drug-likeness (QED) is 0.592. The van der Waals surface area contributed by atoms with Gasteiger partial charge in [0.15, 0.2) is 0 Å². The lowest BCUT2D eigenvalue weighted by Crippen LogP contribution is -1.89. The van der Waals surface area contributed by atoms with Crippen LogP contribution in [-0.4, -0.2) is 4.62 Å². The Morgan fingerprint density at radius 1 is 1.36 bits per heavy atom. The molecule has 0 spiro atoms. The zero-order chi connectivity index (χ0) is 8.10. The maximum absolute atomic E-state index is 3.98. The van der Waals surface area contributed by atoms with Crippen LogP contribution in [-0.2, 0) is 0 Å². The summed E-state index contributed by atoms with van der Waals surface area (Å²) in [6.07, 6.45) is 0. The predicted molar refractivity (Wildman–Crippen MR) is 52.1 cm³/mol. The normalized spacial score (nSPS) is 11.3. The second-order valence-corrected chi connectivity index (χ2v) is 3.23. The molecule has 11 heavy (non-hydrogen) atoms. The highest BCUT2D eigenvalue weighted by atomic mass is 79.9. The van der Waals surface area contributed by atoms with Gasteiger partial charge in [-0.05, 0) is 35.0 Å². The average Bonchev–Trinajstić information content (AvgIpc) is 2.03. The molecule has 0 aliphatic heterocycles. The summed E-state index contributed by atoms with van der Waals surface area (Å²) in [7, 11) is 0. The fourth-order valence-electron chi connectivity index (χ4n) is 0.654. The summed E-state index contributed by atoms with van der Waals surface area (Å²) in [6, 6.07) is 9.80. The topological polar surface area (TPSA) is 24.4 Å². The molecule has 58 valence electrons. The van der Waals surface area contributed by atoms with Crippen molar-refractivity contribution >= 4 is 26.2 Å². The Balaban J connectivity index is 2.59. The lowest BCUT2D eigenvalue weighted by molar-refractivity contribution is 1.34. The van der Waals surface area contributed by atoms with Crippen molar-refractivity contribution in [2.24, 2.45) is 5.10 Å². The maximum Gasteiger partial charge on any atom is 0.100 e. The summed E-state index contributed by atoms with van der Waals surface area (Å²) in [6.45, 7) is 1.87. The van der Waals surface area contributed by atoms with E-state index < -0.39 is 0 Å². The summed E-state index contributed by atoms with van der Waals surface area (Å²) in [4.78, 5) is 0. The van der Waals surface area contributed by atoms with Crippen LogP contribution < -0.4 is 5.43 Å². The molecule has 0 saturated heterocycles. The van der Waals surface area contributed by atoms with Gasteiger partial charge in [-0.15, -0.1) is 0 Å². The Morgan fingerprint density at radius 2 is 2.00 bits per heavy atom. The van der Waals surface area contributed by atoms with Crippen LogP contribution in [0.1, 0.15) is 6.92 Å². The lowest BCUT2D eigenvalue weighted by Gasteiger charge is -1.97. The summed E-state index contributed by atoms with van der Waals surface area (Å²) < 4.78 is 0.835. The van der Waals surface area contributed by atoms with E-state index in [9.17, 15) is 0 Å². The molecule has 2 nitrogen and oxygen atoms in total. The number of anilines is 1. The standard InChI is InChI=1S/C8H9BrN2/c1-7(9)10-11-8-5-3-2-4-6-8/h2-6,11H,1H3/b10-7-. The second kappa shape index (κ2) is 4.13. The van der Waals surface area contributed by atoms with Crippen LogP contribution in [0.15, 0.2) is 35.4 Å².